The molecule has 0 spiro atoms. The van der Waals surface area contributed by atoms with Crippen LogP contribution < -0.4 is 0 Å². The third-order valence-corrected chi connectivity index (χ3v) is 3.33. The van der Waals surface area contributed by atoms with E-state index in [9.17, 15) is 13.2 Å². The summed E-state index contributed by atoms with van der Waals surface area (Å²) in [6.07, 6.45) is 1.35. The third kappa shape index (κ3) is 2.34. The molecule has 0 atom stereocenters. The molecule has 0 radical (unpaired) electrons. The van der Waals surface area contributed by atoms with Crippen LogP contribution in [0.25, 0.3) is 16.9 Å². The molecule has 0 aliphatic rings. The van der Waals surface area contributed by atoms with Crippen LogP contribution in [0.2, 0.25) is 5.02 Å². The number of imidazole rings is 1. The minimum Gasteiger partial charge on any atom is -0.277 e. The Hall–Kier alpha value is -1.79. The maximum absolute atomic E-state index is 14.0. The van der Waals surface area contributed by atoms with Crippen molar-refractivity contribution >= 4 is 34.4 Å². The van der Waals surface area contributed by atoms with Gasteiger partial charge in [-0.3, -0.25) is 4.57 Å². The van der Waals surface area contributed by atoms with Crippen molar-refractivity contribution in [1.29, 1.82) is 0 Å². The number of fused-ring (bicyclic) bond motifs is 1. The third-order valence-electron chi connectivity index (χ3n) is 2.88. The van der Waals surface area contributed by atoms with Crippen LogP contribution in [0, 0.1) is 17.5 Å². The summed E-state index contributed by atoms with van der Waals surface area (Å²) in [6, 6.07) is 2.72. The summed E-state index contributed by atoms with van der Waals surface area (Å²) in [7, 11) is 0. The van der Waals surface area contributed by atoms with E-state index in [0.29, 0.717) is 16.6 Å². The van der Waals surface area contributed by atoms with Crippen molar-refractivity contribution in [1.82, 2.24) is 14.5 Å². The second-order valence-corrected chi connectivity index (χ2v) is 4.91. The van der Waals surface area contributed by atoms with Crippen molar-refractivity contribution in [3.05, 3.63) is 52.7 Å². The minimum absolute atomic E-state index is 0.0631. The SMILES string of the molecule is Fc1cc(F)c(-n2c(CCl)nc3cc(Cl)cnc32)cc1F. The predicted octanol–water partition coefficient (Wildman–Crippen LogP) is 4.23. The number of hydrogen-bond acceptors (Lipinski definition) is 2. The zero-order chi connectivity index (χ0) is 15.1. The van der Waals surface area contributed by atoms with E-state index < -0.39 is 17.5 Å². The molecule has 0 saturated heterocycles. The molecule has 3 rings (SSSR count). The van der Waals surface area contributed by atoms with Crippen molar-refractivity contribution < 1.29 is 13.2 Å². The highest BCUT2D eigenvalue weighted by molar-refractivity contribution is 6.31. The van der Waals surface area contributed by atoms with Crippen LogP contribution in [0.15, 0.2) is 24.4 Å². The van der Waals surface area contributed by atoms with Gasteiger partial charge in [-0.25, -0.2) is 23.1 Å². The second kappa shape index (κ2) is 5.20. The highest BCUT2D eigenvalue weighted by atomic mass is 35.5. The van der Waals surface area contributed by atoms with Gasteiger partial charge >= 0.3 is 0 Å². The predicted molar refractivity (Wildman–Crippen MR) is 73.3 cm³/mol. The molecule has 2 heterocycles. The Bertz CT molecular complexity index is 848. The van der Waals surface area contributed by atoms with E-state index in [2.05, 4.69) is 9.97 Å². The number of hydrogen-bond donors (Lipinski definition) is 0. The fourth-order valence-electron chi connectivity index (χ4n) is 2.01. The highest BCUT2D eigenvalue weighted by Gasteiger charge is 2.18. The van der Waals surface area contributed by atoms with Crippen LogP contribution in [0.5, 0.6) is 0 Å². The molecule has 21 heavy (non-hydrogen) atoms. The normalized spacial score (nSPS) is 11.3. The number of rotatable bonds is 2. The van der Waals surface area contributed by atoms with Crippen LogP contribution >= 0.6 is 23.2 Å². The molecule has 8 heteroatoms. The van der Waals surface area contributed by atoms with E-state index in [-0.39, 0.29) is 23.0 Å². The summed E-state index contributed by atoms with van der Waals surface area (Å²) in [5.41, 5.74) is 0.407. The Morgan fingerprint density at radius 2 is 1.76 bits per heavy atom. The zero-order valence-corrected chi connectivity index (χ0v) is 11.8. The molecule has 0 fully saturated rings. The van der Waals surface area contributed by atoms with E-state index in [4.69, 9.17) is 23.2 Å². The van der Waals surface area contributed by atoms with E-state index in [1.807, 2.05) is 0 Å². The minimum atomic E-state index is -1.27. The lowest BCUT2D eigenvalue weighted by Gasteiger charge is -2.09. The van der Waals surface area contributed by atoms with Crippen molar-refractivity contribution in [3.8, 4) is 5.69 Å². The smallest absolute Gasteiger partial charge is 0.164 e. The summed E-state index contributed by atoms with van der Waals surface area (Å²) in [5.74, 6) is -3.22. The van der Waals surface area contributed by atoms with Gasteiger partial charge in [0, 0.05) is 18.3 Å². The summed E-state index contributed by atoms with van der Waals surface area (Å²) >= 11 is 11.6. The van der Waals surface area contributed by atoms with Gasteiger partial charge < -0.3 is 0 Å². The van der Waals surface area contributed by atoms with E-state index in [0.717, 1.165) is 6.07 Å². The monoisotopic (exact) mass is 331 g/mol. The lowest BCUT2D eigenvalue weighted by Crippen LogP contribution is -2.05. The molecule has 0 unspecified atom stereocenters. The largest absolute Gasteiger partial charge is 0.277 e. The average molecular weight is 332 g/mol. The molecule has 0 amide bonds. The summed E-state index contributed by atoms with van der Waals surface area (Å²) in [4.78, 5) is 8.21. The molecule has 0 bridgehead atoms. The standard InChI is InChI=1S/C13H6Cl2F3N3/c14-4-12-20-10-1-6(15)5-19-13(10)21(12)11-3-8(17)7(16)2-9(11)18/h1-3,5H,4H2. The van der Waals surface area contributed by atoms with E-state index in [1.165, 1.54) is 16.8 Å². The van der Waals surface area contributed by atoms with Gasteiger partial charge in [0.05, 0.1) is 16.6 Å². The number of halogens is 5. The first-order chi connectivity index (χ1) is 10.0. The number of aromatic nitrogens is 3. The van der Waals surface area contributed by atoms with Crippen molar-refractivity contribution in [2.45, 2.75) is 5.88 Å². The Balaban J connectivity index is 2.36. The molecule has 3 nitrogen and oxygen atoms in total. The fourth-order valence-corrected chi connectivity index (χ4v) is 2.34. The number of nitrogens with zero attached hydrogens (tertiary/aromatic N) is 3. The van der Waals surface area contributed by atoms with Crippen LogP contribution in [0.3, 0.4) is 0 Å². The molecule has 2 aromatic heterocycles. The second-order valence-electron chi connectivity index (χ2n) is 4.21. The van der Waals surface area contributed by atoms with Crippen LogP contribution in [-0.2, 0) is 5.88 Å². The Labute approximate surface area is 126 Å². The molecule has 0 aliphatic carbocycles. The van der Waals surface area contributed by atoms with Gasteiger partial charge in [-0.15, -0.1) is 11.6 Å². The molecular weight excluding hydrogens is 326 g/mol. The topological polar surface area (TPSA) is 30.7 Å². The maximum Gasteiger partial charge on any atom is 0.164 e. The fraction of sp³-hybridized carbons (Fsp3) is 0.0769. The lowest BCUT2D eigenvalue weighted by molar-refractivity contribution is 0.493. The summed E-state index contributed by atoms with van der Waals surface area (Å²) in [5, 5.41) is 0.346. The summed E-state index contributed by atoms with van der Waals surface area (Å²) in [6.45, 7) is 0. The van der Waals surface area contributed by atoms with Gasteiger partial charge in [-0.1, -0.05) is 11.6 Å². The zero-order valence-electron chi connectivity index (χ0n) is 10.2. The summed E-state index contributed by atoms with van der Waals surface area (Å²) < 4.78 is 41.7. The molecule has 1 aromatic carbocycles. The van der Waals surface area contributed by atoms with Crippen LogP contribution in [0.1, 0.15) is 5.82 Å². The van der Waals surface area contributed by atoms with E-state index in [1.54, 1.807) is 0 Å². The van der Waals surface area contributed by atoms with Gasteiger partial charge in [0.2, 0.25) is 0 Å². The highest BCUT2D eigenvalue weighted by Crippen LogP contribution is 2.26. The first kappa shape index (κ1) is 14.2. The van der Waals surface area contributed by atoms with Crippen molar-refractivity contribution in [2.75, 3.05) is 0 Å². The van der Waals surface area contributed by atoms with Crippen molar-refractivity contribution in [3.63, 3.8) is 0 Å². The van der Waals surface area contributed by atoms with Crippen molar-refractivity contribution in [2.24, 2.45) is 0 Å². The Kier molecular flexibility index (Phi) is 3.51. The molecule has 108 valence electrons. The molecule has 0 aliphatic heterocycles. The molecule has 0 N–H and O–H groups in total. The first-order valence-corrected chi connectivity index (χ1v) is 6.66. The van der Waals surface area contributed by atoms with Gasteiger partial charge in [-0.2, -0.15) is 0 Å². The Morgan fingerprint density at radius 1 is 1.05 bits per heavy atom. The molecule has 3 aromatic rings. The number of pyridine rings is 1. The first-order valence-electron chi connectivity index (χ1n) is 5.75. The van der Waals surface area contributed by atoms with E-state index >= 15 is 0 Å². The number of benzene rings is 1. The maximum atomic E-state index is 14.0. The molecule has 0 saturated carbocycles. The van der Waals surface area contributed by atoms with Gasteiger partial charge in [0.15, 0.2) is 17.3 Å². The van der Waals surface area contributed by atoms with Gasteiger partial charge in [-0.05, 0) is 6.07 Å². The van der Waals surface area contributed by atoms with Gasteiger partial charge in [0.25, 0.3) is 0 Å². The van der Waals surface area contributed by atoms with Gasteiger partial charge in [0.1, 0.15) is 17.2 Å². The molecular formula is C13H6Cl2F3N3. The lowest BCUT2D eigenvalue weighted by atomic mass is 10.2. The van der Waals surface area contributed by atoms with Crippen LogP contribution in [-0.4, -0.2) is 14.5 Å². The number of alkyl halides is 1. The Morgan fingerprint density at radius 3 is 2.48 bits per heavy atom. The quantitative estimate of drug-likeness (QED) is 0.519. The van der Waals surface area contributed by atoms with Crippen LogP contribution in [0.4, 0.5) is 13.2 Å². The average Bonchev–Trinajstić information content (AvgIpc) is 2.80.